The number of ether oxygens (including phenoxy) is 1. The summed E-state index contributed by atoms with van der Waals surface area (Å²) in [7, 11) is 1.34. The fraction of sp³-hybridized carbons (Fsp3) is 0.0625. The van der Waals surface area contributed by atoms with Crippen LogP contribution in [0.5, 0.6) is 0 Å². The topological polar surface area (TPSA) is 90.1 Å². The lowest BCUT2D eigenvalue weighted by atomic mass is 10.2. The Balaban J connectivity index is 1.91. The normalized spacial score (nSPS) is 10.5. The molecule has 0 amide bonds. The molecule has 2 aromatic carbocycles. The van der Waals surface area contributed by atoms with Crippen molar-refractivity contribution in [2.24, 2.45) is 0 Å². The van der Waals surface area contributed by atoms with E-state index < -0.39 is 5.97 Å². The molecule has 0 spiro atoms. The Hall–Kier alpha value is -2.86. The number of nitrogens with zero attached hydrogens (tertiary/aromatic N) is 2. The van der Waals surface area contributed by atoms with Crippen molar-refractivity contribution in [3.05, 3.63) is 53.1 Å². The summed E-state index contributed by atoms with van der Waals surface area (Å²) in [6.07, 6.45) is 0. The molecule has 0 saturated carbocycles. The summed E-state index contributed by atoms with van der Waals surface area (Å²) in [4.78, 5) is 20.0. The first-order valence-corrected chi connectivity index (χ1v) is 7.13. The molecule has 0 aliphatic rings. The van der Waals surface area contributed by atoms with E-state index >= 15 is 0 Å². The molecule has 0 bridgehead atoms. The average Bonchev–Trinajstić information content (AvgIpc) is 2.54. The highest BCUT2D eigenvalue weighted by Crippen LogP contribution is 2.28. The third-order valence-electron chi connectivity index (χ3n) is 3.26. The molecule has 0 fully saturated rings. The van der Waals surface area contributed by atoms with Gasteiger partial charge in [0.05, 0.1) is 28.6 Å². The molecule has 7 heteroatoms. The molecule has 0 saturated heterocycles. The van der Waals surface area contributed by atoms with Crippen LogP contribution >= 0.6 is 11.6 Å². The van der Waals surface area contributed by atoms with Gasteiger partial charge in [0.25, 0.3) is 0 Å². The number of nitrogens with two attached hydrogens (primary N) is 1. The maximum Gasteiger partial charge on any atom is 0.337 e. The van der Waals surface area contributed by atoms with Crippen LogP contribution in [0.1, 0.15) is 10.4 Å². The van der Waals surface area contributed by atoms with Crippen molar-refractivity contribution < 1.29 is 9.53 Å². The van der Waals surface area contributed by atoms with Gasteiger partial charge in [-0.2, -0.15) is 4.98 Å². The summed E-state index contributed by atoms with van der Waals surface area (Å²) in [6.45, 7) is 0. The Bertz CT molecular complexity index is 881. The number of nitrogen functional groups attached to an aromatic ring is 1. The Morgan fingerprint density at radius 3 is 2.61 bits per heavy atom. The Kier molecular flexibility index (Phi) is 3.99. The van der Waals surface area contributed by atoms with Gasteiger partial charge in [-0.05, 0) is 36.4 Å². The molecule has 6 nitrogen and oxygen atoms in total. The summed E-state index contributed by atoms with van der Waals surface area (Å²) in [5.74, 6) is 0.259. The van der Waals surface area contributed by atoms with Crippen molar-refractivity contribution in [3.63, 3.8) is 0 Å². The zero-order valence-corrected chi connectivity index (χ0v) is 13.0. The highest BCUT2D eigenvalue weighted by Gasteiger charge is 2.09. The highest BCUT2D eigenvalue weighted by atomic mass is 35.5. The van der Waals surface area contributed by atoms with E-state index in [9.17, 15) is 4.79 Å². The molecule has 3 rings (SSSR count). The lowest BCUT2D eigenvalue weighted by Crippen LogP contribution is -2.03. The second-order valence-corrected chi connectivity index (χ2v) is 5.17. The maximum absolute atomic E-state index is 11.4. The first kappa shape index (κ1) is 15.1. The summed E-state index contributed by atoms with van der Waals surface area (Å²) in [5.41, 5.74) is 7.79. The molecular weight excluding hydrogens is 316 g/mol. The van der Waals surface area contributed by atoms with Gasteiger partial charge in [-0.15, -0.1) is 0 Å². The van der Waals surface area contributed by atoms with Crippen molar-refractivity contribution in [2.45, 2.75) is 0 Å². The van der Waals surface area contributed by atoms with Gasteiger partial charge in [-0.25, -0.2) is 9.78 Å². The second kappa shape index (κ2) is 6.10. The minimum absolute atomic E-state index is 0.300. The highest BCUT2D eigenvalue weighted by molar-refractivity contribution is 6.36. The molecule has 0 aliphatic carbocycles. The number of hydrogen-bond acceptors (Lipinski definition) is 6. The van der Waals surface area contributed by atoms with Gasteiger partial charge >= 0.3 is 5.97 Å². The molecule has 3 N–H and O–H groups in total. The predicted molar refractivity (Wildman–Crippen MR) is 90.0 cm³/mol. The minimum Gasteiger partial charge on any atom is -0.465 e. The van der Waals surface area contributed by atoms with Crippen LogP contribution in [0.4, 0.5) is 17.5 Å². The zero-order valence-electron chi connectivity index (χ0n) is 12.2. The van der Waals surface area contributed by atoms with Crippen molar-refractivity contribution in [1.29, 1.82) is 0 Å². The molecule has 0 radical (unpaired) electrons. The van der Waals surface area contributed by atoms with E-state index in [-0.39, 0.29) is 0 Å². The van der Waals surface area contributed by atoms with Gasteiger partial charge in [0.15, 0.2) is 0 Å². The van der Waals surface area contributed by atoms with Gasteiger partial charge in [0.1, 0.15) is 5.82 Å². The number of anilines is 3. The molecule has 0 aliphatic heterocycles. The summed E-state index contributed by atoms with van der Waals surface area (Å²) in [5, 5.41) is 4.18. The molecular formula is C16H13ClN4O2. The standard InChI is InChI=1S/C16H13ClN4O2/c1-23-15(22)9-5-7-10(8-6-9)19-16-20-12-4-2-3-11(17)13(12)14(18)21-16/h2-8H,1H3,(H3,18,19,20,21). The van der Waals surface area contributed by atoms with E-state index in [2.05, 4.69) is 20.0 Å². The molecule has 116 valence electrons. The lowest BCUT2D eigenvalue weighted by molar-refractivity contribution is 0.0601. The van der Waals surface area contributed by atoms with E-state index in [1.807, 2.05) is 6.07 Å². The smallest absolute Gasteiger partial charge is 0.337 e. The van der Waals surface area contributed by atoms with Crippen LogP contribution in [-0.4, -0.2) is 23.0 Å². The number of benzene rings is 2. The predicted octanol–water partition coefficient (Wildman–Crippen LogP) is 3.40. The maximum atomic E-state index is 11.4. The van der Waals surface area contributed by atoms with Crippen LogP contribution in [0.3, 0.4) is 0 Å². The third-order valence-corrected chi connectivity index (χ3v) is 3.58. The van der Waals surface area contributed by atoms with Gasteiger partial charge in [0.2, 0.25) is 5.95 Å². The zero-order chi connectivity index (χ0) is 16.4. The summed E-state index contributed by atoms with van der Waals surface area (Å²) < 4.78 is 4.66. The van der Waals surface area contributed by atoms with E-state index in [1.165, 1.54) is 7.11 Å². The number of nitrogens with one attached hydrogen (secondary N) is 1. The monoisotopic (exact) mass is 328 g/mol. The van der Waals surface area contributed by atoms with Gasteiger partial charge in [-0.1, -0.05) is 17.7 Å². The molecule has 0 unspecified atom stereocenters. The van der Waals surface area contributed by atoms with E-state index in [4.69, 9.17) is 17.3 Å². The largest absolute Gasteiger partial charge is 0.465 e. The molecule has 23 heavy (non-hydrogen) atoms. The number of esters is 1. The number of rotatable bonds is 3. The quantitative estimate of drug-likeness (QED) is 0.716. The number of aromatic nitrogens is 2. The Labute approximate surface area is 137 Å². The lowest BCUT2D eigenvalue weighted by Gasteiger charge is -2.09. The third kappa shape index (κ3) is 3.02. The van der Waals surface area contributed by atoms with Crippen molar-refractivity contribution in [2.75, 3.05) is 18.2 Å². The number of carbonyl (C=O) groups is 1. The number of carbonyl (C=O) groups excluding carboxylic acids is 1. The second-order valence-electron chi connectivity index (χ2n) is 4.76. The fourth-order valence-electron chi connectivity index (χ4n) is 2.16. The van der Waals surface area contributed by atoms with Crippen LogP contribution in [0.15, 0.2) is 42.5 Å². The minimum atomic E-state index is -0.391. The first-order valence-electron chi connectivity index (χ1n) is 6.75. The fourth-order valence-corrected chi connectivity index (χ4v) is 2.43. The van der Waals surface area contributed by atoms with Crippen molar-refractivity contribution in [3.8, 4) is 0 Å². The number of fused-ring (bicyclic) bond motifs is 1. The number of hydrogen-bond donors (Lipinski definition) is 2. The molecule has 1 aromatic heterocycles. The number of methoxy groups -OCH3 is 1. The Morgan fingerprint density at radius 2 is 1.91 bits per heavy atom. The molecule has 3 aromatic rings. The van der Waals surface area contributed by atoms with Crippen LogP contribution < -0.4 is 11.1 Å². The molecule has 1 heterocycles. The van der Waals surface area contributed by atoms with Gasteiger partial charge in [-0.3, -0.25) is 0 Å². The van der Waals surface area contributed by atoms with Crippen LogP contribution in [0, 0.1) is 0 Å². The summed E-state index contributed by atoms with van der Waals surface area (Å²) >= 11 is 6.11. The van der Waals surface area contributed by atoms with E-state index in [0.29, 0.717) is 33.3 Å². The Morgan fingerprint density at radius 1 is 1.17 bits per heavy atom. The average molecular weight is 329 g/mol. The van der Waals surface area contributed by atoms with Gasteiger partial charge < -0.3 is 15.8 Å². The van der Waals surface area contributed by atoms with Crippen molar-refractivity contribution >= 4 is 45.9 Å². The molecule has 0 atom stereocenters. The van der Waals surface area contributed by atoms with E-state index in [1.54, 1.807) is 36.4 Å². The van der Waals surface area contributed by atoms with Crippen molar-refractivity contribution in [1.82, 2.24) is 9.97 Å². The SMILES string of the molecule is COC(=O)c1ccc(Nc2nc(N)c3c(Cl)cccc3n2)cc1. The van der Waals surface area contributed by atoms with Crippen LogP contribution in [0.2, 0.25) is 5.02 Å². The van der Waals surface area contributed by atoms with Gasteiger partial charge in [0, 0.05) is 5.69 Å². The van der Waals surface area contributed by atoms with Crippen LogP contribution in [0.25, 0.3) is 10.9 Å². The van der Waals surface area contributed by atoms with Crippen LogP contribution in [-0.2, 0) is 4.74 Å². The first-order chi connectivity index (χ1) is 11.1. The number of halogens is 1. The summed E-state index contributed by atoms with van der Waals surface area (Å²) in [6, 6.07) is 12.1. The van der Waals surface area contributed by atoms with E-state index in [0.717, 1.165) is 5.69 Å².